The lowest BCUT2D eigenvalue weighted by Gasteiger charge is -2.07. The molecule has 18 heavy (non-hydrogen) atoms. The van der Waals surface area contributed by atoms with Gasteiger partial charge in [-0.1, -0.05) is 17.7 Å². The molecular formula is C15H12O3. The summed E-state index contributed by atoms with van der Waals surface area (Å²) in [6.07, 6.45) is 1.38. The van der Waals surface area contributed by atoms with Gasteiger partial charge in [0.2, 0.25) is 0 Å². The minimum atomic E-state index is 0.418. The van der Waals surface area contributed by atoms with Crippen LogP contribution in [0.2, 0.25) is 0 Å². The van der Waals surface area contributed by atoms with E-state index in [-0.39, 0.29) is 0 Å². The lowest BCUT2D eigenvalue weighted by atomic mass is 10.1. The normalized spacial score (nSPS) is 9.83. The summed E-state index contributed by atoms with van der Waals surface area (Å²) in [4.78, 5) is 21.5. The maximum atomic E-state index is 10.8. The monoisotopic (exact) mass is 240 g/mol. The molecule has 3 heteroatoms. The van der Waals surface area contributed by atoms with E-state index < -0.39 is 0 Å². The highest BCUT2D eigenvalue weighted by molar-refractivity contribution is 5.83. The number of hydrogen-bond acceptors (Lipinski definition) is 3. The second-order valence-corrected chi connectivity index (χ2v) is 3.99. The Morgan fingerprint density at radius 2 is 1.39 bits per heavy atom. The first-order chi connectivity index (χ1) is 8.71. The Balaban J connectivity index is 2.30. The van der Waals surface area contributed by atoms with Crippen molar-refractivity contribution in [2.24, 2.45) is 0 Å². The van der Waals surface area contributed by atoms with Crippen molar-refractivity contribution in [2.75, 3.05) is 0 Å². The van der Waals surface area contributed by atoms with Crippen LogP contribution in [-0.2, 0) is 0 Å². The number of hydrogen-bond donors (Lipinski definition) is 0. The van der Waals surface area contributed by atoms with Crippen molar-refractivity contribution in [3.63, 3.8) is 0 Å². The van der Waals surface area contributed by atoms with E-state index in [1.807, 2.05) is 31.2 Å². The van der Waals surface area contributed by atoms with E-state index in [1.165, 1.54) is 6.07 Å². The lowest BCUT2D eigenvalue weighted by Crippen LogP contribution is -1.90. The van der Waals surface area contributed by atoms with Crippen LogP contribution in [0.3, 0.4) is 0 Å². The first-order valence-corrected chi connectivity index (χ1v) is 5.51. The van der Waals surface area contributed by atoms with Crippen LogP contribution >= 0.6 is 0 Å². The fourth-order valence-corrected chi connectivity index (χ4v) is 1.58. The van der Waals surface area contributed by atoms with Gasteiger partial charge in [-0.2, -0.15) is 0 Å². The van der Waals surface area contributed by atoms with Gasteiger partial charge < -0.3 is 4.74 Å². The summed E-state index contributed by atoms with van der Waals surface area (Å²) in [5.74, 6) is 1.14. The minimum Gasteiger partial charge on any atom is -0.457 e. The van der Waals surface area contributed by atoms with Crippen LogP contribution in [0.1, 0.15) is 26.3 Å². The molecule has 0 unspecified atom stereocenters. The topological polar surface area (TPSA) is 43.4 Å². The number of aryl methyl sites for hydroxylation is 1. The molecule has 0 aliphatic rings. The lowest BCUT2D eigenvalue weighted by molar-refractivity contribution is 0.112. The highest BCUT2D eigenvalue weighted by Gasteiger charge is 2.02. The Bertz CT molecular complexity index is 545. The average Bonchev–Trinajstić information content (AvgIpc) is 2.41. The van der Waals surface area contributed by atoms with Crippen LogP contribution < -0.4 is 4.74 Å². The fourth-order valence-electron chi connectivity index (χ4n) is 1.58. The van der Waals surface area contributed by atoms with Crippen LogP contribution in [0.5, 0.6) is 11.5 Å². The zero-order chi connectivity index (χ0) is 13.0. The largest absolute Gasteiger partial charge is 0.457 e. The minimum absolute atomic E-state index is 0.418. The van der Waals surface area contributed by atoms with E-state index in [0.717, 1.165) is 5.56 Å². The molecule has 0 bridgehead atoms. The molecule has 2 rings (SSSR count). The summed E-state index contributed by atoms with van der Waals surface area (Å²) in [6, 6.07) is 12.2. The highest BCUT2D eigenvalue weighted by atomic mass is 16.5. The predicted molar refractivity (Wildman–Crippen MR) is 68.5 cm³/mol. The van der Waals surface area contributed by atoms with Gasteiger partial charge in [0, 0.05) is 11.1 Å². The van der Waals surface area contributed by atoms with E-state index in [0.29, 0.717) is 35.2 Å². The molecule has 0 atom stereocenters. The SMILES string of the molecule is Cc1ccc(Oc2cc(C=O)cc(C=O)c2)cc1. The summed E-state index contributed by atoms with van der Waals surface area (Å²) in [5, 5.41) is 0. The van der Waals surface area contributed by atoms with E-state index in [2.05, 4.69) is 0 Å². The van der Waals surface area contributed by atoms with E-state index in [1.54, 1.807) is 12.1 Å². The van der Waals surface area contributed by atoms with Crippen LogP contribution in [0.15, 0.2) is 42.5 Å². The van der Waals surface area contributed by atoms with Crippen molar-refractivity contribution in [3.8, 4) is 11.5 Å². The molecule has 0 heterocycles. The fraction of sp³-hybridized carbons (Fsp3) is 0.0667. The number of aldehydes is 2. The Hall–Kier alpha value is -2.42. The summed E-state index contributed by atoms with van der Waals surface area (Å²) in [5.41, 5.74) is 1.97. The molecule has 0 N–H and O–H groups in total. The number of carbonyl (C=O) groups excluding carboxylic acids is 2. The van der Waals surface area contributed by atoms with Gasteiger partial charge in [0.1, 0.15) is 24.1 Å². The zero-order valence-corrected chi connectivity index (χ0v) is 9.92. The summed E-state index contributed by atoms with van der Waals surface area (Å²) in [6.45, 7) is 1.99. The quantitative estimate of drug-likeness (QED) is 0.769. The maximum Gasteiger partial charge on any atom is 0.150 e. The summed E-state index contributed by atoms with van der Waals surface area (Å²) >= 11 is 0. The molecular weight excluding hydrogens is 228 g/mol. The number of carbonyl (C=O) groups is 2. The molecule has 0 radical (unpaired) electrons. The molecule has 0 saturated carbocycles. The predicted octanol–water partition coefficient (Wildman–Crippen LogP) is 3.41. The smallest absolute Gasteiger partial charge is 0.150 e. The van der Waals surface area contributed by atoms with Gasteiger partial charge in [-0.05, 0) is 37.3 Å². The number of rotatable bonds is 4. The third-order valence-corrected chi connectivity index (χ3v) is 2.48. The molecule has 0 saturated heterocycles. The maximum absolute atomic E-state index is 10.8. The Kier molecular flexibility index (Phi) is 3.53. The zero-order valence-electron chi connectivity index (χ0n) is 9.92. The molecule has 3 nitrogen and oxygen atoms in total. The standard InChI is InChI=1S/C15H12O3/c1-11-2-4-14(5-3-11)18-15-7-12(9-16)6-13(8-15)10-17/h2-10H,1H3. The van der Waals surface area contributed by atoms with Gasteiger partial charge in [0.05, 0.1) is 0 Å². The van der Waals surface area contributed by atoms with Gasteiger partial charge in [0.25, 0.3) is 0 Å². The number of benzene rings is 2. The Morgan fingerprint density at radius 3 is 1.89 bits per heavy atom. The molecule has 2 aromatic carbocycles. The molecule has 0 aliphatic heterocycles. The second kappa shape index (κ2) is 5.27. The first kappa shape index (κ1) is 12.0. The van der Waals surface area contributed by atoms with Crippen LogP contribution in [0.4, 0.5) is 0 Å². The molecule has 0 aromatic heterocycles. The van der Waals surface area contributed by atoms with E-state index in [9.17, 15) is 9.59 Å². The molecule has 0 spiro atoms. The number of ether oxygens (including phenoxy) is 1. The van der Waals surface area contributed by atoms with Gasteiger partial charge >= 0.3 is 0 Å². The average molecular weight is 240 g/mol. The van der Waals surface area contributed by atoms with Gasteiger partial charge in [0.15, 0.2) is 0 Å². The molecule has 0 aliphatic carbocycles. The van der Waals surface area contributed by atoms with Crippen molar-refractivity contribution in [1.82, 2.24) is 0 Å². The van der Waals surface area contributed by atoms with Crippen molar-refractivity contribution < 1.29 is 14.3 Å². The van der Waals surface area contributed by atoms with E-state index in [4.69, 9.17) is 4.74 Å². The second-order valence-electron chi connectivity index (χ2n) is 3.99. The van der Waals surface area contributed by atoms with E-state index >= 15 is 0 Å². The summed E-state index contributed by atoms with van der Waals surface area (Å²) < 4.78 is 5.60. The first-order valence-electron chi connectivity index (χ1n) is 5.51. The molecule has 90 valence electrons. The van der Waals surface area contributed by atoms with Gasteiger partial charge in [-0.15, -0.1) is 0 Å². The summed E-state index contributed by atoms with van der Waals surface area (Å²) in [7, 11) is 0. The van der Waals surface area contributed by atoms with Crippen molar-refractivity contribution in [2.45, 2.75) is 6.92 Å². The van der Waals surface area contributed by atoms with Crippen LogP contribution in [-0.4, -0.2) is 12.6 Å². The van der Waals surface area contributed by atoms with Crippen molar-refractivity contribution >= 4 is 12.6 Å². The van der Waals surface area contributed by atoms with Crippen molar-refractivity contribution in [1.29, 1.82) is 0 Å². The van der Waals surface area contributed by atoms with Gasteiger partial charge in [-0.3, -0.25) is 9.59 Å². The third kappa shape index (κ3) is 2.83. The van der Waals surface area contributed by atoms with Crippen molar-refractivity contribution in [3.05, 3.63) is 59.2 Å². The Morgan fingerprint density at radius 1 is 0.833 bits per heavy atom. The highest BCUT2D eigenvalue weighted by Crippen LogP contribution is 2.23. The Labute approximate surface area is 105 Å². The molecule has 0 fully saturated rings. The van der Waals surface area contributed by atoms with Crippen LogP contribution in [0.25, 0.3) is 0 Å². The van der Waals surface area contributed by atoms with Gasteiger partial charge in [-0.25, -0.2) is 0 Å². The van der Waals surface area contributed by atoms with Crippen LogP contribution in [0, 0.1) is 6.92 Å². The third-order valence-electron chi connectivity index (χ3n) is 2.48. The molecule has 2 aromatic rings. The molecule has 0 amide bonds.